The Bertz CT molecular complexity index is 4220. The van der Waals surface area contributed by atoms with E-state index >= 15 is 0 Å². The molecule has 0 bridgehead atoms. The molecule has 15 rings (SSSR count). The minimum atomic E-state index is -0.0928. The lowest BCUT2D eigenvalue weighted by Gasteiger charge is -2.22. The van der Waals surface area contributed by atoms with Crippen LogP contribution in [0.25, 0.3) is 77.5 Å². The second-order valence-electron chi connectivity index (χ2n) is 24.5. The van der Waals surface area contributed by atoms with Gasteiger partial charge in [-0.15, -0.1) is 0 Å². The van der Waals surface area contributed by atoms with Crippen molar-refractivity contribution in [3.63, 3.8) is 0 Å². The molecular weight excluding hydrogens is 1120 g/mol. The molecular formula is C65H73ClN14O7. The highest BCUT2D eigenvalue weighted by molar-refractivity contribution is 6.35. The van der Waals surface area contributed by atoms with Crippen LogP contribution in [0.1, 0.15) is 122 Å². The molecule has 0 spiro atoms. The maximum absolute atomic E-state index is 11.7. The quantitative estimate of drug-likeness (QED) is 0.107. The van der Waals surface area contributed by atoms with E-state index in [4.69, 9.17) is 50.6 Å². The summed E-state index contributed by atoms with van der Waals surface area (Å²) in [6, 6.07) is 14.7. The summed E-state index contributed by atoms with van der Waals surface area (Å²) in [4.78, 5) is 52.9. The van der Waals surface area contributed by atoms with Crippen LogP contribution in [0, 0.1) is 24.7 Å². The topological polar surface area (TPSA) is 232 Å². The standard InChI is InChI=1S/C23H29N5O3.C22H21ClN4O2.C20H23N5O2/c1-14-19(13-28(25-14)17-6-8-30-9-7-17)21-11-22-20(12-27(3)26-22)23(24-21)31-15(2)16-4-5-18(29)10-16;1-12(13-6-7-15(28)8-13)29-22-16-11-27(2)26-18(16)10-20(25-22)19-9-14-4-3-5-17(23)21(14)24-19;1-12(13-3-6-16(26)7-13)27-20-17-11-24(2)23-19(17)8-18(22-20)14-9-21-25(10-14)15-4-5-15/h11-13,15-17H,4-10H2,1-3H3;3-5,9-13,24H,6-8H2,1-2H3;8-13,15H,3-7H2,1-2H3/t15-,16+;2*12-,13+/m111/s1. The van der Waals surface area contributed by atoms with E-state index in [1.54, 1.807) is 14.0 Å². The number of nitrogens with one attached hydrogen (secondary N) is 1. The van der Waals surface area contributed by atoms with Gasteiger partial charge in [-0.1, -0.05) is 23.7 Å². The largest absolute Gasteiger partial charge is 0.474 e. The fourth-order valence-electron chi connectivity index (χ4n) is 12.7. The third-order valence-corrected chi connectivity index (χ3v) is 18.3. The SMILES string of the molecule is C[C@@H](Oc1nc(-c2cc3cccc(Cl)c3[nH]2)cc2nn(C)cc12)[C@H]1CCC(=O)C1.C[C@@H](Oc1nc(-c2cnn(C3CC3)c2)cc2nn(C)cc12)[C@H]1CCC(=O)C1.Cc1nn(C2CCOCC2)cc1-c1cc2nn(C)cc2c(O[C@H](C)[C@H]2CCC(=O)C2)n1. The average Bonchev–Trinajstić information content (AvgIpc) is 2.21. The van der Waals surface area contributed by atoms with Crippen LogP contribution >= 0.6 is 11.6 Å². The molecule has 1 N–H and O–H groups in total. The van der Waals surface area contributed by atoms with E-state index in [2.05, 4.69) is 42.5 Å². The fraction of sp³-hybridized carbons (Fsp3) is 0.462. The lowest BCUT2D eigenvalue weighted by molar-refractivity contribution is -0.118. The van der Waals surface area contributed by atoms with Gasteiger partial charge in [0.25, 0.3) is 0 Å². The van der Waals surface area contributed by atoms with Crippen molar-refractivity contribution >= 4 is 72.6 Å². The maximum atomic E-state index is 11.7. The van der Waals surface area contributed by atoms with Crippen LogP contribution in [0.2, 0.25) is 5.02 Å². The molecule has 5 fully saturated rings. The van der Waals surface area contributed by atoms with Gasteiger partial charge in [-0.25, -0.2) is 15.0 Å². The summed E-state index contributed by atoms with van der Waals surface area (Å²) < 4.78 is 33.8. The number of aromatic amines is 1. The first-order valence-corrected chi connectivity index (χ1v) is 30.9. The molecule has 0 amide bonds. The zero-order valence-electron chi connectivity index (χ0n) is 50.3. The third-order valence-electron chi connectivity index (χ3n) is 17.9. The minimum Gasteiger partial charge on any atom is -0.474 e. The second-order valence-corrected chi connectivity index (χ2v) is 24.9. The molecule has 0 radical (unpaired) electrons. The molecule has 9 aromatic heterocycles. The molecule has 10 aromatic rings. The first-order chi connectivity index (χ1) is 42.0. The first-order valence-electron chi connectivity index (χ1n) is 30.6. The number of Topliss-reactive ketones (excluding diaryl/α,β-unsaturated/α-hetero) is 3. The molecule has 22 heteroatoms. The lowest BCUT2D eigenvalue weighted by Crippen LogP contribution is -2.22. The highest BCUT2D eigenvalue weighted by atomic mass is 35.5. The van der Waals surface area contributed by atoms with Gasteiger partial charge in [0, 0.05) is 138 Å². The normalized spacial score (nSPS) is 20.1. The molecule has 6 atom stereocenters. The second kappa shape index (κ2) is 24.1. The summed E-state index contributed by atoms with van der Waals surface area (Å²) in [5.74, 6) is 3.39. The van der Waals surface area contributed by atoms with Crippen LogP contribution in [0.5, 0.6) is 17.6 Å². The van der Waals surface area contributed by atoms with Gasteiger partial charge >= 0.3 is 0 Å². The van der Waals surface area contributed by atoms with Crippen LogP contribution in [-0.2, 0) is 40.3 Å². The van der Waals surface area contributed by atoms with Crippen molar-refractivity contribution < 1.29 is 33.3 Å². The smallest absolute Gasteiger partial charge is 0.225 e. The number of halogens is 1. The summed E-state index contributed by atoms with van der Waals surface area (Å²) in [6.07, 6.45) is 22.3. The number of rotatable bonds is 14. The van der Waals surface area contributed by atoms with E-state index in [9.17, 15) is 14.4 Å². The van der Waals surface area contributed by atoms with E-state index in [0.29, 0.717) is 90.6 Å². The van der Waals surface area contributed by atoms with Crippen molar-refractivity contribution in [3.8, 4) is 51.5 Å². The number of ether oxygens (including phenoxy) is 4. The van der Waals surface area contributed by atoms with Gasteiger partial charge in [0.2, 0.25) is 17.6 Å². The summed E-state index contributed by atoms with van der Waals surface area (Å²) in [6.45, 7) is 9.65. The van der Waals surface area contributed by atoms with Crippen molar-refractivity contribution in [3.05, 3.63) is 90.4 Å². The molecule has 1 saturated heterocycles. The van der Waals surface area contributed by atoms with Crippen molar-refractivity contribution in [2.24, 2.45) is 38.9 Å². The third kappa shape index (κ3) is 12.5. The van der Waals surface area contributed by atoms with Crippen LogP contribution in [0.15, 0.2) is 79.6 Å². The van der Waals surface area contributed by atoms with Crippen LogP contribution in [0.3, 0.4) is 0 Å². The molecule has 87 heavy (non-hydrogen) atoms. The van der Waals surface area contributed by atoms with Crippen LogP contribution < -0.4 is 14.2 Å². The molecule has 0 unspecified atom stereocenters. The van der Waals surface area contributed by atoms with Crippen LogP contribution in [0.4, 0.5) is 0 Å². The number of aryl methyl sites for hydroxylation is 4. The van der Waals surface area contributed by atoms with Gasteiger partial charge in [-0.3, -0.25) is 37.8 Å². The van der Waals surface area contributed by atoms with Gasteiger partial charge < -0.3 is 23.9 Å². The fourth-order valence-corrected chi connectivity index (χ4v) is 12.9. The zero-order chi connectivity index (χ0) is 60.2. The van der Waals surface area contributed by atoms with Gasteiger partial charge in [-0.05, 0) is 103 Å². The molecule has 5 aliphatic rings. The van der Waals surface area contributed by atoms with Crippen molar-refractivity contribution in [2.45, 2.75) is 142 Å². The number of aromatic nitrogens is 14. The molecule has 1 aromatic carbocycles. The predicted molar refractivity (Wildman–Crippen MR) is 330 cm³/mol. The Kier molecular flexibility index (Phi) is 16.0. The number of pyridine rings is 3. The van der Waals surface area contributed by atoms with E-state index in [1.165, 1.54) is 12.8 Å². The zero-order valence-corrected chi connectivity index (χ0v) is 51.0. The highest BCUT2D eigenvalue weighted by Crippen LogP contribution is 2.39. The Morgan fingerprint density at radius 3 is 1.55 bits per heavy atom. The Morgan fingerprint density at radius 1 is 0.575 bits per heavy atom. The summed E-state index contributed by atoms with van der Waals surface area (Å²) in [7, 11) is 5.68. The number of hydrogen-bond acceptors (Lipinski definition) is 15. The van der Waals surface area contributed by atoms with Crippen molar-refractivity contribution in [1.82, 2.24) is 68.8 Å². The van der Waals surface area contributed by atoms with Crippen molar-refractivity contribution in [1.29, 1.82) is 0 Å². The van der Waals surface area contributed by atoms with Crippen LogP contribution in [-0.4, -0.2) is 118 Å². The summed E-state index contributed by atoms with van der Waals surface area (Å²) in [5, 5.41) is 27.3. The highest BCUT2D eigenvalue weighted by Gasteiger charge is 2.33. The number of para-hydroxylation sites is 1. The van der Waals surface area contributed by atoms with E-state index in [1.807, 2.05) is 121 Å². The van der Waals surface area contributed by atoms with E-state index in [-0.39, 0.29) is 36.1 Å². The van der Waals surface area contributed by atoms with E-state index in [0.717, 1.165) is 129 Å². The number of H-pyrrole nitrogens is 1. The monoisotopic (exact) mass is 1200 g/mol. The summed E-state index contributed by atoms with van der Waals surface area (Å²) in [5.41, 5.74) is 9.53. The minimum absolute atomic E-state index is 0.0585. The first kappa shape index (κ1) is 57.8. The molecule has 452 valence electrons. The van der Waals surface area contributed by atoms with Gasteiger partial charge in [0.1, 0.15) is 35.7 Å². The number of ketones is 3. The number of benzene rings is 1. The number of carbonyl (C=O) groups is 3. The Hall–Kier alpha value is -8.30. The molecule has 21 nitrogen and oxygen atoms in total. The number of carbonyl (C=O) groups excluding carboxylic acids is 3. The van der Waals surface area contributed by atoms with E-state index < -0.39 is 0 Å². The Balaban J connectivity index is 0.000000121. The van der Waals surface area contributed by atoms with Gasteiger partial charge in [0.05, 0.1) is 90.0 Å². The molecule has 4 saturated carbocycles. The number of nitrogens with zero attached hydrogens (tertiary/aromatic N) is 13. The molecule has 1 aliphatic heterocycles. The predicted octanol–water partition coefficient (Wildman–Crippen LogP) is 11.8. The lowest BCUT2D eigenvalue weighted by atomic mass is 10.0. The average molecular weight is 1200 g/mol. The maximum Gasteiger partial charge on any atom is 0.225 e. The van der Waals surface area contributed by atoms with Gasteiger partial charge in [0.15, 0.2) is 0 Å². The molecule has 4 aliphatic carbocycles. The Labute approximate surface area is 508 Å². The number of fused-ring (bicyclic) bond motifs is 4. The van der Waals surface area contributed by atoms with Gasteiger partial charge in [-0.2, -0.15) is 25.5 Å². The number of hydrogen-bond donors (Lipinski definition) is 1. The Morgan fingerprint density at radius 2 is 1.06 bits per heavy atom. The molecule has 10 heterocycles. The summed E-state index contributed by atoms with van der Waals surface area (Å²) >= 11 is 6.32. The van der Waals surface area contributed by atoms with Crippen molar-refractivity contribution in [2.75, 3.05) is 13.2 Å².